The van der Waals surface area contributed by atoms with Crippen molar-refractivity contribution in [3.05, 3.63) is 96.1 Å². The van der Waals surface area contributed by atoms with Gasteiger partial charge in [0, 0.05) is 5.56 Å². The second-order valence-electron chi connectivity index (χ2n) is 14.7. The summed E-state index contributed by atoms with van der Waals surface area (Å²) in [7, 11) is -9.39. The van der Waals surface area contributed by atoms with Crippen molar-refractivity contribution in [2.24, 2.45) is 0 Å². The quantitative estimate of drug-likeness (QED) is 0.0351. The summed E-state index contributed by atoms with van der Waals surface area (Å²) in [4.78, 5) is -0.866. The van der Waals surface area contributed by atoms with E-state index in [1.165, 1.54) is 88.5 Å². The van der Waals surface area contributed by atoms with Crippen molar-refractivity contribution in [1.82, 2.24) is 0 Å². The fourth-order valence-electron chi connectivity index (χ4n) is 6.84. The van der Waals surface area contributed by atoms with Gasteiger partial charge in [-0.05, 0) is 73.7 Å². The van der Waals surface area contributed by atoms with E-state index in [1.54, 1.807) is 54.6 Å². The van der Waals surface area contributed by atoms with Crippen LogP contribution in [0.25, 0.3) is 0 Å². The average Bonchev–Trinajstić information content (AvgIpc) is 3.19. The van der Waals surface area contributed by atoms with Crippen LogP contribution in [0, 0.1) is 0 Å². The number of ether oxygens (including phenoxy) is 2. The fraction of sp³-hybridized carbons (Fsp3) is 0.478. The number of phenols is 1. The Balaban J connectivity index is 0.000000400. The zero-order valence-electron chi connectivity index (χ0n) is 34.9. The Labute approximate surface area is 383 Å². The molecular weight excluding hydrogens is 817 g/mol. The van der Waals surface area contributed by atoms with E-state index < -0.39 is 30.9 Å². The topological polar surface area (TPSA) is 173 Å². The molecule has 0 atom stereocenters. The Morgan fingerprint density at radius 1 is 0.508 bits per heavy atom. The third kappa shape index (κ3) is 19.6. The van der Waals surface area contributed by atoms with Crippen LogP contribution < -0.4 is 14.6 Å². The molecule has 0 amide bonds. The largest absolute Gasteiger partial charge is 2.00 e. The summed E-state index contributed by atoms with van der Waals surface area (Å²) in [5, 5.41) is 22.5. The maximum atomic E-state index is 12.3. The molecule has 4 aromatic rings. The molecule has 0 heterocycles. The second kappa shape index (κ2) is 28.6. The number of unbranched alkanes of at least 4 members (excludes halogenated alkanes) is 16. The van der Waals surface area contributed by atoms with E-state index in [9.17, 15) is 36.2 Å². The molecule has 0 aliphatic carbocycles. The first-order valence-electron chi connectivity index (χ1n) is 20.9. The summed E-state index contributed by atoms with van der Waals surface area (Å²) in [5.74, 6) is 0.221. The normalized spacial score (nSPS) is 11.3. The number of rotatable bonds is 26. The molecule has 0 bridgehead atoms. The molecule has 0 spiro atoms. The van der Waals surface area contributed by atoms with Crippen molar-refractivity contribution in [3.63, 3.8) is 0 Å². The molecule has 0 aliphatic rings. The Morgan fingerprint density at radius 2 is 0.881 bits per heavy atom. The summed E-state index contributed by atoms with van der Waals surface area (Å²) < 4.78 is 80.8. The predicted molar refractivity (Wildman–Crippen MR) is 232 cm³/mol. The van der Waals surface area contributed by atoms with Gasteiger partial charge in [-0.3, -0.25) is 4.55 Å². The molecular formula is C46H62CaO10S2. The minimum absolute atomic E-state index is 0. The second-order valence-corrected chi connectivity index (χ2v) is 17.4. The fourth-order valence-corrected chi connectivity index (χ4v) is 8.58. The first-order chi connectivity index (χ1) is 27.9. The molecule has 0 unspecified atom stereocenters. The summed E-state index contributed by atoms with van der Waals surface area (Å²) in [6.07, 6.45) is 20.8. The minimum Gasteiger partial charge on any atom is -0.872 e. The van der Waals surface area contributed by atoms with Crippen molar-refractivity contribution < 1.29 is 45.6 Å². The summed E-state index contributed by atoms with van der Waals surface area (Å²) in [6.45, 7) is 4.40. The van der Waals surface area contributed by atoms with Crippen LogP contribution in [-0.4, -0.2) is 68.8 Å². The Morgan fingerprint density at radius 3 is 1.29 bits per heavy atom. The van der Waals surface area contributed by atoms with Crippen LogP contribution in [0.1, 0.15) is 141 Å². The van der Waals surface area contributed by atoms with Gasteiger partial charge in [0.15, 0.2) is 0 Å². The van der Waals surface area contributed by atoms with Crippen molar-refractivity contribution in [2.75, 3.05) is 0 Å². The van der Waals surface area contributed by atoms with Gasteiger partial charge < -0.3 is 24.2 Å². The van der Waals surface area contributed by atoms with Crippen molar-refractivity contribution >= 4 is 58.0 Å². The number of phenolic OH excluding ortho intramolecular Hbond substituents is 1. The molecule has 59 heavy (non-hydrogen) atoms. The maximum absolute atomic E-state index is 12.3. The zero-order valence-corrected chi connectivity index (χ0v) is 38.8. The summed E-state index contributed by atoms with van der Waals surface area (Å²) >= 11 is 0. The van der Waals surface area contributed by atoms with Crippen LogP contribution in [0.15, 0.2) is 94.7 Å². The van der Waals surface area contributed by atoms with Crippen molar-refractivity contribution in [1.29, 1.82) is 0 Å². The molecule has 0 fully saturated rings. The van der Waals surface area contributed by atoms with Gasteiger partial charge in [0.05, 0.1) is 4.90 Å². The van der Waals surface area contributed by atoms with Crippen molar-refractivity contribution in [2.45, 2.75) is 152 Å². The average molecular weight is 879 g/mol. The molecule has 0 saturated carbocycles. The third-order valence-corrected chi connectivity index (χ3v) is 11.8. The van der Waals surface area contributed by atoms with E-state index in [0.29, 0.717) is 24.3 Å². The molecule has 320 valence electrons. The molecule has 0 radical (unpaired) electrons. The Kier molecular flexibility index (Phi) is 25.4. The van der Waals surface area contributed by atoms with Gasteiger partial charge in [0.2, 0.25) is 0 Å². The van der Waals surface area contributed by atoms with Gasteiger partial charge in [-0.1, -0.05) is 159 Å². The van der Waals surface area contributed by atoms with Crippen LogP contribution in [0.2, 0.25) is 0 Å². The van der Waals surface area contributed by atoms with E-state index >= 15 is 0 Å². The summed E-state index contributed by atoms with van der Waals surface area (Å²) in [5.41, 5.74) is 0.250. The molecule has 0 aliphatic heterocycles. The van der Waals surface area contributed by atoms with Gasteiger partial charge in [-0.25, -0.2) is 8.42 Å². The van der Waals surface area contributed by atoms with Gasteiger partial charge in [-0.15, -0.1) is 5.75 Å². The molecule has 2 N–H and O–H groups in total. The van der Waals surface area contributed by atoms with Gasteiger partial charge in [0.25, 0.3) is 10.1 Å². The predicted octanol–water partition coefficient (Wildman–Crippen LogP) is 11.7. The minimum atomic E-state index is -4.84. The number of hydrogen-bond donors (Lipinski definition) is 2. The summed E-state index contributed by atoms with van der Waals surface area (Å²) in [6, 6.07) is 22.7. The van der Waals surface area contributed by atoms with E-state index in [4.69, 9.17) is 9.47 Å². The van der Waals surface area contributed by atoms with Gasteiger partial charge in [-0.2, -0.15) is 8.42 Å². The van der Waals surface area contributed by atoms with E-state index in [0.717, 1.165) is 44.9 Å². The standard InChI is InChI=1S/2C23H32O5S.Ca/c2*1-2-3-4-5-6-7-8-9-13-16-20-21(24)17-18-22(23(20)29(25,26)27)28-19-14-11-10-12-15-19;/h2*10-12,14-15,17-18,24H,2-9,13,16H2,1H3,(H,25,26,27);/q;;+2/p-2. The van der Waals surface area contributed by atoms with Crippen LogP contribution in [-0.2, 0) is 33.1 Å². The van der Waals surface area contributed by atoms with Crippen LogP contribution in [0.4, 0.5) is 0 Å². The number of hydrogen-bond acceptors (Lipinski definition) is 9. The molecule has 13 heteroatoms. The first-order valence-corrected chi connectivity index (χ1v) is 23.8. The Hall–Kier alpha value is -2.84. The molecule has 4 aromatic carbocycles. The van der Waals surface area contributed by atoms with Crippen LogP contribution >= 0.6 is 0 Å². The number of para-hydroxylation sites is 2. The monoisotopic (exact) mass is 878 g/mol. The van der Waals surface area contributed by atoms with Crippen LogP contribution in [0.5, 0.6) is 34.5 Å². The maximum Gasteiger partial charge on any atom is 2.00 e. The van der Waals surface area contributed by atoms with Crippen LogP contribution in [0.3, 0.4) is 0 Å². The molecule has 4 rings (SSSR count). The molecule has 0 aromatic heterocycles. The SMILES string of the molecule is CCCCCCCCCCCc1c(O)ccc(Oc2ccccc2)c1S(=O)(=O)O.CCCCCCCCCCCc1c([O-])ccc(Oc2ccccc2)c1S(=O)(=O)[O-].[Ca+2]. The van der Waals surface area contributed by atoms with Gasteiger partial charge >= 0.3 is 37.7 Å². The van der Waals surface area contributed by atoms with E-state index in [1.807, 2.05) is 6.07 Å². The first kappa shape index (κ1) is 52.3. The smallest absolute Gasteiger partial charge is 0.872 e. The van der Waals surface area contributed by atoms with E-state index in [-0.39, 0.29) is 77.4 Å². The number of benzene rings is 4. The van der Waals surface area contributed by atoms with Gasteiger partial charge in [0.1, 0.15) is 43.8 Å². The Bertz CT molecular complexity index is 1850. The zero-order chi connectivity index (χ0) is 42.2. The molecule has 10 nitrogen and oxygen atoms in total. The molecule has 0 saturated heterocycles. The number of aromatic hydroxyl groups is 1. The van der Waals surface area contributed by atoms with E-state index in [2.05, 4.69) is 13.8 Å². The third-order valence-electron chi connectivity index (χ3n) is 9.89. The van der Waals surface area contributed by atoms with Crippen molar-refractivity contribution in [3.8, 4) is 34.5 Å².